The number of aliphatic hydroxyl groups excluding tert-OH is 3. The van der Waals surface area contributed by atoms with Crippen LogP contribution < -0.4 is 0 Å². The SMILES string of the molecule is OC1C(O)C2CC=NC2C1O. The molecule has 62 valence electrons. The van der Waals surface area contributed by atoms with E-state index >= 15 is 0 Å². The third-order valence-electron chi connectivity index (χ3n) is 2.58. The smallest absolute Gasteiger partial charge is 0.108 e. The van der Waals surface area contributed by atoms with E-state index in [2.05, 4.69) is 4.99 Å². The lowest BCUT2D eigenvalue weighted by Crippen LogP contribution is -2.32. The van der Waals surface area contributed by atoms with Crippen LogP contribution in [0.3, 0.4) is 0 Å². The van der Waals surface area contributed by atoms with E-state index in [9.17, 15) is 15.3 Å². The van der Waals surface area contributed by atoms with E-state index in [-0.39, 0.29) is 12.0 Å². The van der Waals surface area contributed by atoms with E-state index in [1.165, 1.54) is 0 Å². The zero-order chi connectivity index (χ0) is 8.01. The highest BCUT2D eigenvalue weighted by atomic mass is 16.4. The number of fused-ring (bicyclic) bond motifs is 1. The van der Waals surface area contributed by atoms with Gasteiger partial charge in [0.15, 0.2) is 0 Å². The Kier molecular flexibility index (Phi) is 1.49. The minimum Gasteiger partial charge on any atom is -0.390 e. The molecule has 1 fully saturated rings. The van der Waals surface area contributed by atoms with Crippen LogP contribution in [-0.4, -0.2) is 45.9 Å². The molecular weight excluding hydrogens is 146 g/mol. The maximum absolute atomic E-state index is 9.35. The molecule has 5 atom stereocenters. The van der Waals surface area contributed by atoms with Crippen molar-refractivity contribution in [3.05, 3.63) is 0 Å². The summed E-state index contributed by atoms with van der Waals surface area (Å²) in [6.45, 7) is 0. The molecule has 0 saturated heterocycles. The van der Waals surface area contributed by atoms with Crippen LogP contribution in [0.4, 0.5) is 0 Å². The van der Waals surface area contributed by atoms with Crippen LogP contribution in [-0.2, 0) is 0 Å². The molecule has 5 unspecified atom stereocenters. The summed E-state index contributed by atoms with van der Waals surface area (Å²) < 4.78 is 0. The highest BCUT2D eigenvalue weighted by Gasteiger charge is 2.49. The van der Waals surface area contributed by atoms with Gasteiger partial charge in [0.25, 0.3) is 0 Å². The molecule has 0 aromatic carbocycles. The van der Waals surface area contributed by atoms with Gasteiger partial charge in [-0.1, -0.05) is 0 Å². The number of nitrogens with zero attached hydrogens (tertiary/aromatic N) is 1. The summed E-state index contributed by atoms with van der Waals surface area (Å²) >= 11 is 0. The largest absolute Gasteiger partial charge is 0.390 e. The number of rotatable bonds is 0. The second-order valence-electron chi connectivity index (χ2n) is 3.19. The number of hydrogen-bond donors (Lipinski definition) is 3. The summed E-state index contributed by atoms with van der Waals surface area (Å²) in [5.74, 6) is -0.0694. The molecule has 1 saturated carbocycles. The Bertz CT molecular complexity index is 194. The average molecular weight is 157 g/mol. The van der Waals surface area contributed by atoms with Crippen molar-refractivity contribution in [1.82, 2.24) is 0 Å². The van der Waals surface area contributed by atoms with Crippen molar-refractivity contribution in [3.8, 4) is 0 Å². The molecule has 0 radical (unpaired) electrons. The zero-order valence-electron chi connectivity index (χ0n) is 5.96. The molecule has 0 bridgehead atoms. The van der Waals surface area contributed by atoms with Gasteiger partial charge in [0.1, 0.15) is 12.2 Å². The van der Waals surface area contributed by atoms with Gasteiger partial charge in [-0.3, -0.25) is 4.99 Å². The van der Waals surface area contributed by atoms with Crippen LogP contribution in [0.2, 0.25) is 0 Å². The molecular formula is C7H11NO3. The Morgan fingerprint density at radius 3 is 2.45 bits per heavy atom. The van der Waals surface area contributed by atoms with Crippen LogP contribution in [0.25, 0.3) is 0 Å². The van der Waals surface area contributed by atoms with Gasteiger partial charge in [-0.05, 0) is 12.6 Å². The molecule has 3 N–H and O–H groups in total. The lowest BCUT2D eigenvalue weighted by molar-refractivity contribution is -0.0268. The summed E-state index contributed by atoms with van der Waals surface area (Å²) in [5.41, 5.74) is 0. The predicted octanol–water partition coefficient (Wildman–Crippen LogP) is -1.46. The van der Waals surface area contributed by atoms with Gasteiger partial charge in [-0.15, -0.1) is 0 Å². The van der Waals surface area contributed by atoms with Crippen molar-refractivity contribution < 1.29 is 15.3 Å². The van der Waals surface area contributed by atoms with E-state index in [0.717, 1.165) is 0 Å². The molecule has 1 aliphatic heterocycles. The molecule has 0 amide bonds. The van der Waals surface area contributed by atoms with E-state index in [1.807, 2.05) is 0 Å². The lowest BCUT2D eigenvalue weighted by Gasteiger charge is -2.12. The van der Waals surface area contributed by atoms with Gasteiger partial charge in [-0.2, -0.15) is 0 Å². The molecule has 2 rings (SSSR count). The second-order valence-corrected chi connectivity index (χ2v) is 3.19. The van der Waals surface area contributed by atoms with Gasteiger partial charge in [-0.25, -0.2) is 0 Å². The van der Waals surface area contributed by atoms with Gasteiger partial charge in [0, 0.05) is 5.92 Å². The number of aliphatic imine (C=N–C) groups is 1. The minimum absolute atomic E-state index is 0.0694. The second kappa shape index (κ2) is 2.27. The van der Waals surface area contributed by atoms with Crippen molar-refractivity contribution in [2.45, 2.75) is 30.8 Å². The van der Waals surface area contributed by atoms with Crippen LogP contribution in [0, 0.1) is 5.92 Å². The topological polar surface area (TPSA) is 73.0 Å². The van der Waals surface area contributed by atoms with Gasteiger partial charge in [0.2, 0.25) is 0 Å². The van der Waals surface area contributed by atoms with Crippen LogP contribution >= 0.6 is 0 Å². The Morgan fingerprint density at radius 1 is 1.09 bits per heavy atom. The molecule has 4 heteroatoms. The minimum atomic E-state index is -1.01. The molecule has 2 aliphatic rings. The molecule has 0 aromatic heterocycles. The summed E-state index contributed by atoms with van der Waals surface area (Å²) in [6.07, 6.45) is -0.332. The maximum Gasteiger partial charge on any atom is 0.108 e. The maximum atomic E-state index is 9.35. The fourth-order valence-electron chi connectivity index (χ4n) is 1.89. The Hall–Kier alpha value is -0.450. The van der Waals surface area contributed by atoms with Crippen molar-refractivity contribution in [3.63, 3.8) is 0 Å². The van der Waals surface area contributed by atoms with Crippen molar-refractivity contribution in [1.29, 1.82) is 0 Å². The van der Waals surface area contributed by atoms with Gasteiger partial charge >= 0.3 is 0 Å². The molecule has 11 heavy (non-hydrogen) atoms. The van der Waals surface area contributed by atoms with Crippen molar-refractivity contribution in [2.75, 3.05) is 0 Å². The normalized spacial score (nSPS) is 55.0. The fraction of sp³-hybridized carbons (Fsp3) is 0.857. The molecule has 0 spiro atoms. The van der Waals surface area contributed by atoms with Crippen molar-refractivity contribution >= 4 is 6.21 Å². The molecule has 0 aromatic rings. The first-order chi connectivity index (χ1) is 5.22. The van der Waals surface area contributed by atoms with Crippen molar-refractivity contribution in [2.24, 2.45) is 10.9 Å². The van der Waals surface area contributed by atoms with E-state index in [0.29, 0.717) is 6.42 Å². The van der Waals surface area contributed by atoms with E-state index < -0.39 is 18.3 Å². The monoisotopic (exact) mass is 157 g/mol. The molecule has 1 aliphatic carbocycles. The van der Waals surface area contributed by atoms with E-state index in [4.69, 9.17) is 0 Å². The Morgan fingerprint density at radius 2 is 1.82 bits per heavy atom. The molecule has 4 nitrogen and oxygen atoms in total. The van der Waals surface area contributed by atoms with Crippen LogP contribution in [0.15, 0.2) is 4.99 Å². The third-order valence-corrected chi connectivity index (χ3v) is 2.58. The Balaban J connectivity index is 2.22. The first-order valence-corrected chi connectivity index (χ1v) is 3.77. The van der Waals surface area contributed by atoms with Crippen LogP contribution in [0.5, 0.6) is 0 Å². The van der Waals surface area contributed by atoms with Gasteiger partial charge < -0.3 is 15.3 Å². The fourth-order valence-corrected chi connectivity index (χ4v) is 1.89. The lowest BCUT2D eigenvalue weighted by atomic mass is 10.0. The van der Waals surface area contributed by atoms with E-state index in [1.54, 1.807) is 6.21 Å². The summed E-state index contributed by atoms with van der Waals surface area (Å²) in [4.78, 5) is 3.98. The quantitative estimate of drug-likeness (QED) is 0.402. The highest BCUT2D eigenvalue weighted by Crippen LogP contribution is 2.34. The average Bonchev–Trinajstić information content (AvgIpc) is 2.53. The third kappa shape index (κ3) is 0.834. The first-order valence-electron chi connectivity index (χ1n) is 3.77. The highest BCUT2D eigenvalue weighted by molar-refractivity contribution is 5.61. The summed E-state index contributed by atoms with van der Waals surface area (Å²) in [5, 5.41) is 27.9. The van der Waals surface area contributed by atoms with Gasteiger partial charge in [0.05, 0.1) is 12.1 Å². The standard InChI is InChI=1S/C7H11NO3/c9-5-3-1-2-8-4(3)6(10)7(5)11/h2-7,9-11H,1H2. The zero-order valence-corrected chi connectivity index (χ0v) is 5.96. The predicted molar refractivity (Wildman–Crippen MR) is 38.4 cm³/mol. The first kappa shape index (κ1) is 7.21. The Labute approximate surface area is 64.2 Å². The van der Waals surface area contributed by atoms with Crippen LogP contribution in [0.1, 0.15) is 6.42 Å². The summed E-state index contributed by atoms with van der Waals surface area (Å²) in [6, 6.07) is -0.278. The summed E-state index contributed by atoms with van der Waals surface area (Å²) in [7, 11) is 0. The number of aliphatic hydroxyl groups is 3. The number of hydrogen-bond acceptors (Lipinski definition) is 4. The molecule has 1 heterocycles.